The van der Waals surface area contributed by atoms with Gasteiger partial charge in [0.15, 0.2) is 5.78 Å². The molecule has 3 nitrogen and oxygen atoms in total. The molecule has 1 N–H and O–H groups in total. The minimum atomic E-state index is -0.248. The largest absolute Gasteiger partial charge is 0.457 e. The van der Waals surface area contributed by atoms with Crippen molar-refractivity contribution in [3.05, 3.63) is 60.2 Å². The van der Waals surface area contributed by atoms with Gasteiger partial charge in [0.25, 0.3) is 0 Å². The van der Waals surface area contributed by atoms with Crippen LogP contribution in [0.25, 0.3) is 0 Å². The molecule has 0 radical (unpaired) electrons. The van der Waals surface area contributed by atoms with E-state index in [1.807, 2.05) is 61.5 Å². The predicted octanol–water partition coefficient (Wildman–Crippen LogP) is 3.27. The fraction of sp³-hybridized carbons (Fsp3) is 0.235. The lowest BCUT2D eigenvalue weighted by Crippen LogP contribution is -2.56. The zero-order valence-corrected chi connectivity index (χ0v) is 11.4. The summed E-state index contributed by atoms with van der Waals surface area (Å²) in [7, 11) is 0. The summed E-state index contributed by atoms with van der Waals surface area (Å²) >= 11 is 0. The predicted molar refractivity (Wildman–Crippen MR) is 78.3 cm³/mol. The highest BCUT2D eigenvalue weighted by atomic mass is 16.5. The third kappa shape index (κ3) is 2.45. The fourth-order valence-electron chi connectivity index (χ4n) is 2.31. The quantitative estimate of drug-likeness (QED) is 0.864. The Hall–Kier alpha value is -2.13. The highest BCUT2D eigenvalue weighted by molar-refractivity contribution is 6.01. The summed E-state index contributed by atoms with van der Waals surface area (Å²) in [5.41, 5.74) is 0.497. The first-order valence-corrected chi connectivity index (χ1v) is 6.76. The molecule has 0 spiro atoms. The van der Waals surface area contributed by atoms with E-state index in [0.29, 0.717) is 0 Å². The Kier molecular flexibility index (Phi) is 3.28. The smallest absolute Gasteiger partial charge is 0.171 e. The molecule has 1 saturated heterocycles. The van der Waals surface area contributed by atoms with Crippen molar-refractivity contribution >= 4 is 5.78 Å². The molecule has 3 rings (SSSR count). The molecule has 3 heteroatoms. The Morgan fingerprint density at radius 3 is 2.15 bits per heavy atom. The van der Waals surface area contributed by atoms with Crippen LogP contribution < -0.4 is 10.1 Å². The van der Waals surface area contributed by atoms with Gasteiger partial charge in [0.1, 0.15) is 11.5 Å². The third-order valence-electron chi connectivity index (χ3n) is 3.67. The van der Waals surface area contributed by atoms with Gasteiger partial charge < -0.3 is 10.1 Å². The van der Waals surface area contributed by atoms with Crippen molar-refractivity contribution in [2.45, 2.75) is 6.92 Å². The van der Waals surface area contributed by atoms with Crippen LogP contribution in [0.3, 0.4) is 0 Å². The first-order chi connectivity index (χ1) is 9.67. The lowest BCUT2D eigenvalue weighted by atomic mass is 9.77. The van der Waals surface area contributed by atoms with Gasteiger partial charge >= 0.3 is 0 Å². The maximum atomic E-state index is 12.3. The summed E-state index contributed by atoms with van der Waals surface area (Å²) in [6.07, 6.45) is 0. The second-order valence-electron chi connectivity index (χ2n) is 5.43. The molecular formula is C17H17NO2. The molecule has 2 aromatic carbocycles. The molecule has 0 atom stereocenters. The van der Waals surface area contributed by atoms with Crippen molar-refractivity contribution in [2.75, 3.05) is 13.1 Å². The summed E-state index contributed by atoms with van der Waals surface area (Å²) in [6.45, 7) is 3.52. The normalized spacial score (nSPS) is 16.2. The molecule has 1 heterocycles. The van der Waals surface area contributed by atoms with Crippen molar-refractivity contribution in [1.82, 2.24) is 5.32 Å². The Balaban J connectivity index is 1.73. The SMILES string of the molecule is CC1(C(=O)c2ccc(Oc3ccccc3)cc2)CNC1. The van der Waals surface area contributed by atoms with Crippen LogP contribution in [0.4, 0.5) is 0 Å². The number of carbonyl (C=O) groups excluding carboxylic acids is 1. The Labute approximate surface area is 118 Å². The van der Waals surface area contributed by atoms with E-state index in [0.717, 1.165) is 30.2 Å². The number of para-hydroxylation sites is 1. The van der Waals surface area contributed by atoms with Gasteiger partial charge in [0.2, 0.25) is 0 Å². The molecule has 0 aliphatic carbocycles. The fourth-order valence-corrected chi connectivity index (χ4v) is 2.31. The van der Waals surface area contributed by atoms with E-state index < -0.39 is 0 Å². The Morgan fingerprint density at radius 1 is 1.00 bits per heavy atom. The number of ether oxygens (including phenoxy) is 1. The first kappa shape index (κ1) is 12.9. The van der Waals surface area contributed by atoms with Crippen molar-refractivity contribution < 1.29 is 9.53 Å². The highest BCUT2D eigenvalue weighted by Gasteiger charge is 2.39. The molecule has 0 aromatic heterocycles. The summed E-state index contributed by atoms with van der Waals surface area (Å²) in [5.74, 6) is 1.73. The number of hydrogen-bond donors (Lipinski definition) is 1. The van der Waals surface area contributed by atoms with Gasteiger partial charge in [-0.2, -0.15) is 0 Å². The number of Topliss-reactive ketones (excluding diaryl/α,β-unsaturated/α-hetero) is 1. The van der Waals surface area contributed by atoms with Crippen molar-refractivity contribution in [3.63, 3.8) is 0 Å². The molecule has 102 valence electrons. The van der Waals surface area contributed by atoms with Crippen LogP contribution in [-0.4, -0.2) is 18.9 Å². The number of carbonyl (C=O) groups is 1. The number of hydrogen-bond acceptors (Lipinski definition) is 3. The summed E-state index contributed by atoms with van der Waals surface area (Å²) in [4.78, 5) is 12.3. The zero-order valence-electron chi connectivity index (χ0n) is 11.4. The van der Waals surface area contributed by atoms with E-state index in [4.69, 9.17) is 4.74 Å². The number of benzene rings is 2. The first-order valence-electron chi connectivity index (χ1n) is 6.76. The van der Waals surface area contributed by atoms with Gasteiger partial charge in [-0.05, 0) is 43.3 Å². The lowest BCUT2D eigenvalue weighted by molar-refractivity contribution is 0.0721. The van der Waals surface area contributed by atoms with E-state index in [1.165, 1.54) is 0 Å². The van der Waals surface area contributed by atoms with Gasteiger partial charge in [-0.25, -0.2) is 0 Å². The molecule has 1 aliphatic heterocycles. The van der Waals surface area contributed by atoms with Crippen LogP contribution in [0.15, 0.2) is 54.6 Å². The number of rotatable bonds is 4. The van der Waals surface area contributed by atoms with E-state index >= 15 is 0 Å². The van der Waals surface area contributed by atoms with Crippen LogP contribution in [0, 0.1) is 5.41 Å². The number of ketones is 1. The summed E-state index contributed by atoms with van der Waals surface area (Å²) in [5, 5.41) is 3.15. The summed E-state index contributed by atoms with van der Waals surface area (Å²) in [6, 6.07) is 17.0. The molecule has 0 bridgehead atoms. The summed E-state index contributed by atoms with van der Waals surface area (Å²) < 4.78 is 5.72. The van der Waals surface area contributed by atoms with Crippen molar-refractivity contribution in [1.29, 1.82) is 0 Å². The van der Waals surface area contributed by atoms with Crippen LogP contribution in [0.1, 0.15) is 17.3 Å². The average molecular weight is 267 g/mol. The van der Waals surface area contributed by atoms with E-state index in [2.05, 4.69) is 5.32 Å². The standard InChI is InChI=1S/C17H17NO2/c1-17(11-18-12-17)16(19)13-7-9-15(10-8-13)20-14-5-3-2-4-6-14/h2-10,18H,11-12H2,1H3. The van der Waals surface area contributed by atoms with E-state index in [-0.39, 0.29) is 11.2 Å². The molecule has 1 aliphatic rings. The van der Waals surface area contributed by atoms with E-state index in [9.17, 15) is 4.79 Å². The maximum absolute atomic E-state index is 12.3. The van der Waals surface area contributed by atoms with Gasteiger partial charge in [0, 0.05) is 18.7 Å². The van der Waals surface area contributed by atoms with Gasteiger partial charge in [-0.1, -0.05) is 18.2 Å². The molecule has 0 saturated carbocycles. The molecule has 2 aromatic rings. The maximum Gasteiger partial charge on any atom is 0.171 e. The van der Waals surface area contributed by atoms with Gasteiger partial charge in [-0.3, -0.25) is 4.79 Å². The Bertz CT molecular complexity index is 601. The minimum absolute atomic E-state index is 0.197. The Morgan fingerprint density at radius 2 is 1.60 bits per heavy atom. The molecule has 20 heavy (non-hydrogen) atoms. The zero-order chi connectivity index (χ0) is 14.0. The van der Waals surface area contributed by atoms with Crippen molar-refractivity contribution in [3.8, 4) is 11.5 Å². The molecule has 0 unspecified atom stereocenters. The van der Waals surface area contributed by atoms with Crippen LogP contribution >= 0.6 is 0 Å². The third-order valence-corrected chi connectivity index (χ3v) is 3.67. The van der Waals surface area contributed by atoms with Gasteiger partial charge in [-0.15, -0.1) is 0 Å². The van der Waals surface area contributed by atoms with Gasteiger partial charge in [0.05, 0.1) is 5.41 Å². The monoisotopic (exact) mass is 267 g/mol. The molecule has 0 amide bonds. The molecular weight excluding hydrogens is 250 g/mol. The van der Waals surface area contributed by atoms with Crippen LogP contribution in [0.2, 0.25) is 0 Å². The number of nitrogens with one attached hydrogen (secondary N) is 1. The van der Waals surface area contributed by atoms with E-state index in [1.54, 1.807) is 0 Å². The van der Waals surface area contributed by atoms with Crippen LogP contribution in [-0.2, 0) is 0 Å². The average Bonchev–Trinajstić information content (AvgIpc) is 2.46. The second-order valence-corrected chi connectivity index (χ2v) is 5.43. The second kappa shape index (κ2) is 5.10. The highest BCUT2D eigenvalue weighted by Crippen LogP contribution is 2.28. The van der Waals surface area contributed by atoms with Crippen LogP contribution in [0.5, 0.6) is 11.5 Å². The lowest BCUT2D eigenvalue weighted by Gasteiger charge is -2.37. The molecule has 1 fully saturated rings. The minimum Gasteiger partial charge on any atom is -0.457 e. The topological polar surface area (TPSA) is 38.3 Å². The van der Waals surface area contributed by atoms with Crippen molar-refractivity contribution in [2.24, 2.45) is 5.41 Å².